The molecule has 0 rings (SSSR count). The molecule has 0 spiro atoms. The Morgan fingerprint density at radius 1 is 1.22 bits per heavy atom. The van der Waals surface area contributed by atoms with Crippen molar-refractivity contribution in [3.05, 3.63) is 0 Å². The molecule has 0 saturated carbocycles. The van der Waals surface area contributed by atoms with E-state index in [9.17, 15) is 9.59 Å². The number of amides is 2. The highest BCUT2D eigenvalue weighted by Gasteiger charge is 2.16. The molecule has 18 heavy (non-hydrogen) atoms. The topological polar surface area (TPSA) is 75.4 Å². The summed E-state index contributed by atoms with van der Waals surface area (Å²) in [6.07, 6.45) is 2.09. The van der Waals surface area contributed by atoms with Crippen LogP contribution in [0.15, 0.2) is 0 Å². The number of carbonyl (C=O) groups excluding carboxylic acids is 2. The Bertz CT molecular complexity index is 253. The number of hydrogen-bond donors (Lipinski definition) is 2. The lowest BCUT2D eigenvalue weighted by molar-refractivity contribution is -0.131. The summed E-state index contributed by atoms with van der Waals surface area (Å²) in [5, 5.41) is 2.79. The van der Waals surface area contributed by atoms with E-state index in [1.807, 2.05) is 20.8 Å². The third kappa shape index (κ3) is 6.00. The van der Waals surface area contributed by atoms with Crippen LogP contribution in [0.2, 0.25) is 0 Å². The second-order valence-corrected chi connectivity index (χ2v) is 4.33. The van der Waals surface area contributed by atoms with Gasteiger partial charge in [0.2, 0.25) is 11.8 Å². The maximum atomic E-state index is 11.7. The number of nitrogens with zero attached hydrogens (tertiary/aromatic N) is 1. The Morgan fingerprint density at radius 2 is 1.83 bits per heavy atom. The molecule has 2 amide bonds. The van der Waals surface area contributed by atoms with Gasteiger partial charge in [0.05, 0.1) is 5.92 Å². The zero-order chi connectivity index (χ0) is 14.0. The summed E-state index contributed by atoms with van der Waals surface area (Å²) in [6.45, 7) is 8.12. The van der Waals surface area contributed by atoms with Gasteiger partial charge in [-0.15, -0.1) is 0 Å². The minimum absolute atomic E-state index is 0.0355. The Morgan fingerprint density at radius 3 is 2.28 bits per heavy atom. The average Bonchev–Trinajstić information content (AvgIpc) is 2.37. The zero-order valence-corrected chi connectivity index (χ0v) is 11.9. The van der Waals surface area contributed by atoms with Gasteiger partial charge in [0, 0.05) is 32.6 Å². The molecule has 0 bridgehead atoms. The summed E-state index contributed by atoms with van der Waals surface area (Å²) in [7, 11) is 0. The number of nitrogens with two attached hydrogens (primary N) is 1. The second kappa shape index (κ2) is 9.88. The summed E-state index contributed by atoms with van der Waals surface area (Å²) in [5.74, 6) is -0.0784. The van der Waals surface area contributed by atoms with Gasteiger partial charge < -0.3 is 16.0 Å². The van der Waals surface area contributed by atoms with Gasteiger partial charge in [0.1, 0.15) is 0 Å². The van der Waals surface area contributed by atoms with Gasteiger partial charge in [-0.2, -0.15) is 0 Å². The van der Waals surface area contributed by atoms with E-state index >= 15 is 0 Å². The first-order valence-electron chi connectivity index (χ1n) is 6.86. The molecule has 0 aliphatic carbocycles. The smallest absolute Gasteiger partial charge is 0.224 e. The van der Waals surface area contributed by atoms with Crippen LogP contribution in [-0.2, 0) is 9.59 Å². The van der Waals surface area contributed by atoms with Crippen LogP contribution >= 0.6 is 0 Å². The molecule has 0 aliphatic rings. The van der Waals surface area contributed by atoms with Crippen molar-refractivity contribution in [2.45, 2.75) is 40.0 Å². The lowest BCUT2D eigenvalue weighted by Gasteiger charge is -2.19. The van der Waals surface area contributed by atoms with Crippen LogP contribution in [-0.4, -0.2) is 42.9 Å². The second-order valence-electron chi connectivity index (χ2n) is 4.33. The normalized spacial score (nSPS) is 12.0. The molecular formula is C13H27N3O2. The molecule has 0 aromatic heterocycles. The van der Waals surface area contributed by atoms with Gasteiger partial charge >= 0.3 is 0 Å². The number of rotatable bonds is 9. The van der Waals surface area contributed by atoms with E-state index in [1.54, 1.807) is 4.90 Å². The van der Waals surface area contributed by atoms with E-state index < -0.39 is 0 Å². The van der Waals surface area contributed by atoms with Crippen LogP contribution in [0.3, 0.4) is 0 Å². The molecule has 3 N–H and O–H groups in total. The first-order chi connectivity index (χ1) is 8.60. The van der Waals surface area contributed by atoms with Gasteiger partial charge in [-0.25, -0.2) is 0 Å². The fourth-order valence-electron chi connectivity index (χ4n) is 1.88. The monoisotopic (exact) mass is 257 g/mol. The number of hydrogen-bond acceptors (Lipinski definition) is 3. The average molecular weight is 257 g/mol. The van der Waals surface area contributed by atoms with Gasteiger partial charge in [-0.1, -0.05) is 13.3 Å². The molecule has 0 aliphatic heterocycles. The van der Waals surface area contributed by atoms with Crippen LogP contribution in [0, 0.1) is 5.92 Å². The van der Waals surface area contributed by atoms with Crippen molar-refractivity contribution in [1.29, 1.82) is 0 Å². The fraction of sp³-hybridized carbons (Fsp3) is 0.846. The van der Waals surface area contributed by atoms with E-state index in [2.05, 4.69) is 5.32 Å². The summed E-state index contributed by atoms with van der Waals surface area (Å²) in [6, 6.07) is 0. The molecule has 0 aromatic carbocycles. The maximum Gasteiger partial charge on any atom is 0.224 e. The van der Waals surface area contributed by atoms with E-state index in [-0.39, 0.29) is 17.7 Å². The Kier molecular flexibility index (Phi) is 9.28. The van der Waals surface area contributed by atoms with Gasteiger partial charge in [0.25, 0.3) is 0 Å². The molecule has 5 heteroatoms. The SMILES string of the molecule is CCCC(CN)C(=O)NCCC(=O)N(CC)CC. The third-order valence-corrected chi connectivity index (χ3v) is 3.05. The zero-order valence-electron chi connectivity index (χ0n) is 11.9. The highest BCUT2D eigenvalue weighted by Crippen LogP contribution is 2.04. The predicted molar refractivity (Wildman–Crippen MR) is 73.0 cm³/mol. The van der Waals surface area contributed by atoms with Crippen LogP contribution in [0.4, 0.5) is 0 Å². The van der Waals surface area contributed by atoms with Crippen molar-refractivity contribution in [2.75, 3.05) is 26.2 Å². The maximum absolute atomic E-state index is 11.7. The molecule has 0 heterocycles. The van der Waals surface area contributed by atoms with E-state index in [0.29, 0.717) is 32.6 Å². The molecule has 0 aromatic rings. The highest BCUT2D eigenvalue weighted by atomic mass is 16.2. The van der Waals surface area contributed by atoms with Crippen molar-refractivity contribution < 1.29 is 9.59 Å². The lowest BCUT2D eigenvalue weighted by atomic mass is 10.0. The molecule has 0 radical (unpaired) electrons. The largest absolute Gasteiger partial charge is 0.355 e. The summed E-state index contributed by atoms with van der Waals surface area (Å²) < 4.78 is 0. The van der Waals surface area contributed by atoms with Crippen LogP contribution < -0.4 is 11.1 Å². The molecule has 106 valence electrons. The summed E-state index contributed by atoms with van der Waals surface area (Å²) in [5.41, 5.74) is 5.55. The fourth-order valence-corrected chi connectivity index (χ4v) is 1.88. The lowest BCUT2D eigenvalue weighted by Crippen LogP contribution is -2.38. The predicted octanol–water partition coefficient (Wildman–Crippen LogP) is 0.736. The number of carbonyl (C=O) groups is 2. The molecule has 5 nitrogen and oxygen atoms in total. The van der Waals surface area contributed by atoms with E-state index in [0.717, 1.165) is 12.8 Å². The van der Waals surface area contributed by atoms with Gasteiger partial charge in [-0.05, 0) is 20.3 Å². The minimum Gasteiger partial charge on any atom is -0.355 e. The molecule has 0 fully saturated rings. The van der Waals surface area contributed by atoms with Crippen LogP contribution in [0.1, 0.15) is 40.0 Å². The van der Waals surface area contributed by atoms with Crippen LogP contribution in [0.25, 0.3) is 0 Å². The van der Waals surface area contributed by atoms with Crippen LogP contribution in [0.5, 0.6) is 0 Å². The summed E-state index contributed by atoms with van der Waals surface area (Å²) >= 11 is 0. The van der Waals surface area contributed by atoms with Gasteiger partial charge in [0.15, 0.2) is 0 Å². The first-order valence-corrected chi connectivity index (χ1v) is 6.86. The number of nitrogens with one attached hydrogen (secondary N) is 1. The van der Waals surface area contributed by atoms with Crippen molar-refractivity contribution >= 4 is 11.8 Å². The van der Waals surface area contributed by atoms with Crippen molar-refractivity contribution in [2.24, 2.45) is 11.7 Å². The standard InChI is InChI=1S/C13H27N3O2/c1-4-7-11(10-14)13(18)15-9-8-12(17)16(5-2)6-3/h11H,4-10,14H2,1-3H3,(H,15,18). The van der Waals surface area contributed by atoms with Gasteiger partial charge in [-0.3, -0.25) is 9.59 Å². The van der Waals surface area contributed by atoms with E-state index in [4.69, 9.17) is 5.73 Å². The molecular weight excluding hydrogens is 230 g/mol. The Hall–Kier alpha value is -1.10. The van der Waals surface area contributed by atoms with Crippen molar-refractivity contribution in [3.63, 3.8) is 0 Å². The molecule has 0 saturated heterocycles. The molecule has 1 atom stereocenters. The van der Waals surface area contributed by atoms with Crippen molar-refractivity contribution in [3.8, 4) is 0 Å². The minimum atomic E-state index is -0.126. The first kappa shape index (κ1) is 16.9. The van der Waals surface area contributed by atoms with E-state index in [1.165, 1.54) is 0 Å². The van der Waals surface area contributed by atoms with Crippen molar-refractivity contribution in [1.82, 2.24) is 10.2 Å². The molecule has 1 unspecified atom stereocenters. The highest BCUT2D eigenvalue weighted by molar-refractivity contribution is 5.80. The Labute approximate surface area is 110 Å². The Balaban J connectivity index is 3.96. The summed E-state index contributed by atoms with van der Waals surface area (Å²) in [4.78, 5) is 25.2. The third-order valence-electron chi connectivity index (χ3n) is 3.05. The quantitative estimate of drug-likeness (QED) is 0.639.